The highest BCUT2D eigenvalue weighted by Gasteiger charge is 2.36. The van der Waals surface area contributed by atoms with E-state index in [9.17, 15) is 27.6 Å². The second-order valence-electron chi connectivity index (χ2n) is 9.10. The van der Waals surface area contributed by atoms with Crippen molar-refractivity contribution in [3.05, 3.63) is 58.7 Å². The van der Waals surface area contributed by atoms with Crippen LogP contribution in [-0.2, 0) is 22.4 Å². The van der Waals surface area contributed by atoms with Crippen molar-refractivity contribution in [1.29, 1.82) is 0 Å². The summed E-state index contributed by atoms with van der Waals surface area (Å²) < 4.78 is 47.0. The van der Waals surface area contributed by atoms with Crippen LogP contribution in [0.5, 0.6) is 5.75 Å². The zero-order valence-corrected chi connectivity index (χ0v) is 20.1. The van der Waals surface area contributed by atoms with Gasteiger partial charge in [0.2, 0.25) is 0 Å². The maximum atomic E-state index is 13.8. The van der Waals surface area contributed by atoms with Gasteiger partial charge in [-0.05, 0) is 60.6 Å². The van der Waals surface area contributed by atoms with E-state index in [0.29, 0.717) is 34.4 Å². The van der Waals surface area contributed by atoms with Gasteiger partial charge in [0.05, 0.1) is 12.0 Å². The minimum absolute atomic E-state index is 0.0353. The number of aliphatic carboxylic acids is 1. The fourth-order valence-electron chi connectivity index (χ4n) is 4.65. The molecule has 2 aromatic rings. The first kappa shape index (κ1) is 27.2. The van der Waals surface area contributed by atoms with Crippen LogP contribution >= 0.6 is 0 Å². The fourth-order valence-corrected chi connectivity index (χ4v) is 4.65. The van der Waals surface area contributed by atoms with E-state index in [-0.39, 0.29) is 37.6 Å². The molecular weight excluding hydrogens is 475 g/mol. The predicted octanol–water partition coefficient (Wildman–Crippen LogP) is 6.24. The number of carbonyl (C=O) groups is 3. The Morgan fingerprint density at radius 3 is 2.50 bits per heavy atom. The average molecular weight is 506 g/mol. The van der Waals surface area contributed by atoms with Gasteiger partial charge in [0.1, 0.15) is 18.6 Å². The number of halogens is 3. The molecule has 0 radical (unpaired) electrons. The molecule has 1 aliphatic carbocycles. The molecule has 36 heavy (non-hydrogen) atoms. The third-order valence-corrected chi connectivity index (χ3v) is 6.56. The molecule has 0 amide bonds. The van der Waals surface area contributed by atoms with Crippen LogP contribution in [0.25, 0.3) is 0 Å². The molecule has 0 heterocycles. The van der Waals surface area contributed by atoms with Gasteiger partial charge in [0.25, 0.3) is 0 Å². The average Bonchev–Trinajstić information content (AvgIpc) is 3.39. The number of ether oxygens (including phenoxy) is 1. The normalized spacial score (nSPS) is 14.9. The molecule has 2 aromatic carbocycles. The van der Waals surface area contributed by atoms with Crippen molar-refractivity contribution in [2.45, 2.75) is 63.6 Å². The van der Waals surface area contributed by atoms with Gasteiger partial charge in [-0.1, -0.05) is 25.0 Å². The third-order valence-electron chi connectivity index (χ3n) is 6.56. The maximum Gasteiger partial charge on any atom is 0.416 e. The zero-order valence-electron chi connectivity index (χ0n) is 20.1. The van der Waals surface area contributed by atoms with E-state index in [4.69, 9.17) is 9.84 Å². The number of carbonyl (C=O) groups excluding carboxylic acids is 2. The van der Waals surface area contributed by atoms with Crippen LogP contribution in [0.1, 0.15) is 77.9 Å². The van der Waals surface area contributed by atoms with Gasteiger partial charge in [0, 0.05) is 30.6 Å². The van der Waals surface area contributed by atoms with Crippen molar-refractivity contribution in [2.75, 3.05) is 12.4 Å². The SMILES string of the molecule is CNc1ccc(OCc2ccc(C3CCCC3)c(C(F)(F)F)c2)cc1C(=O)CCC(C=O)CC(=O)O. The molecule has 0 aliphatic heterocycles. The Kier molecular flexibility index (Phi) is 9.12. The molecule has 9 heteroatoms. The minimum atomic E-state index is -4.46. The van der Waals surface area contributed by atoms with Crippen molar-refractivity contribution in [3.8, 4) is 5.75 Å². The van der Waals surface area contributed by atoms with E-state index in [2.05, 4.69) is 5.32 Å². The summed E-state index contributed by atoms with van der Waals surface area (Å²) in [6, 6.07) is 9.08. The number of ketones is 1. The molecule has 0 bridgehead atoms. The van der Waals surface area contributed by atoms with E-state index >= 15 is 0 Å². The number of alkyl halides is 3. The summed E-state index contributed by atoms with van der Waals surface area (Å²) in [5, 5.41) is 11.8. The first-order chi connectivity index (χ1) is 17.1. The molecule has 1 fully saturated rings. The molecule has 194 valence electrons. The topological polar surface area (TPSA) is 92.7 Å². The van der Waals surface area contributed by atoms with Gasteiger partial charge in [0.15, 0.2) is 5.78 Å². The summed E-state index contributed by atoms with van der Waals surface area (Å²) in [6.07, 6.45) is -0.817. The summed E-state index contributed by atoms with van der Waals surface area (Å²) in [5.74, 6) is -1.95. The summed E-state index contributed by atoms with van der Waals surface area (Å²) in [5.41, 5.74) is 0.905. The van der Waals surface area contributed by atoms with E-state index in [1.54, 1.807) is 31.3 Å². The Bertz CT molecular complexity index is 1090. The maximum absolute atomic E-state index is 13.8. The highest BCUT2D eigenvalue weighted by atomic mass is 19.4. The van der Waals surface area contributed by atoms with Crippen LogP contribution < -0.4 is 10.1 Å². The summed E-state index contributed by atoms with van der Waals surface area (Å²) in [7, 11) is 1.63. The van der Waals surface area contributed by atoms with Crippen LogP contribution in [0.15, 0.2) is 36.4 Å². The van der Waals surface area contributed by atoms with Gasteiger partial charge in [-0.2, -0.15) is 13.2 Å². The lowest BCUT2D eigenvalue weighted by molar-refractivity contribution is -0.139. The number of anilines is 1. The minimum Gasteiger partial charge on any atom is -0.489 e. The Hall–Kier alpha value is -3.36. The second kappa shape index (κ2) is 12.1. The van der Waals surface area contributed by atoms with Crippen molar-refractivity contribution < 1.29 is 37.4 Å². The van der Waals surface area contributed by atoms with Gasteiger partial charge in [-0.15, -0.1) is 0 Å². The highest BCUT2D eigenvalue weighted by Crippen LogP contribution is 2.42. The Morgan fingerprint density at radius 2 is 1.89 bits per heavy atom. The van der Waals surface area contributed by atoms with Gasteiger partial charge < -0.3 is 20.0 Å². The van der Waals surface area contributed by atoms with Crippen LogP contribution in [0.3, 0.4) is 0 Å². The number of rotatable bonds is 12. The monoisotopic (exact) mass is 505 g/mol. The summed E-state index contributed by atoms with van der Waals surface area (Å²) in [6.45, 7) is -0.105. The lowest BCUT2D eigenvalue weighted by Crippen LogP contribution is -2.13. The fraction of sp³-hybridized carbons (Fsp3) is 0.444. The molecule has 3 rings (SSSR count). The molecule has 2 N–H and O–H groups in total. The van der Waals surface area contributed by atoms with Crippen molar-refractivity contribution in [1.82, 2.24) is 0 Å². The number of carboxylic acid groups (broad SMARTS) is 1. The van der Waals surface area contributed by atoms with Gasteiger partial charge in [-0.25, -0.2) is 0 Å². The molecule has 6 nitrogen and oxygen atoms in total. The predicted molar refractivity (Wildman–Crippen MR) is 128 cm³/mol. The quantitative estimate of drug-likeness (QED) is 0.262. The standard InChI is InChI=1S/C27H30F3NO5/c1-31-24-10-8-20(14-22(24)25(33)11-7-17(15-32)13-26(34)35)36-16-18-6-9-21(19-4-2-3-5-19)23(12-18)27(28,29)30/h6,8-10,12,14-15,17,19,31H,2-5,7,11,13,16H2,1H3,(H,34,35). The molecular formula is C27H30F3NO5. The number of hydrogen-bond acceptors (Lipinski definition) is 5. The summed E-state index contributed by atoms with van der Waals surface area (Å²) >= 11 is 0. The molecule has 0 saturated heterocycles. The van der Waals surface area contributed by atoms with Crippen LogP contribution in [0.4, 0.5) is 18.9 Å². The molecule has 0 spiro atoms. The zero-order chi connectivity index (χ0) is 26.3. The van der Waals surface area contributed by atoms with E-state index in [0.717, 1.165) is 31.7 Å². The Balaban J connectivity index is 1.73. The number of hydrogen-bond donors (Lipinski definition) is 2. The highest BCUT2D eigenvalue weighted by molar-refractivity contribution is 6.01. The number of carboxylic acids is 1. The van der Waals surface area contributed by atoms with Crippen molar-refractivity contribution >= 4 is 23.7 Å². The van der Waals surface area contributed by atoms with Crippen LogP contribution in [0.2, 0.25) is 0 Å². The Morgan fingerprint density at radius 1 is 1.17 bits per heavy atom. The van der Waals surface area contributed by atoms with Gasteiger partial charge >= 0.3 is 12.1 Å². The smallest absolute Gasteiger partial charge is 0.416 e. The lowest BCUT2D eigenvalue weighted by atomic mass is 9.91. The van der Waals surface area contributed by atoms with E-state index in [1.807, 2.05) is 0 Å². The van der Waals surface area contributed by atoms with Gasteiger partial charge in [-0.3, -0.25) is 9.59 Å². The first-order valence-corrected chi connectivity index (χ1v) is 12.0. The Labute approximate surface area is 207 Å². The van der Waals surface area contributed by atoms with E-state index in [1.165, 1.54) is 6.07 Å². The molecule has 1 atom stereocenters. The first-order valence-electron chi connectivity index (χ1n) is 12.0. The van der Waals surface area contributed by atoms with Crippen molar-refractivity contribution in [2.24, 2.45) is 5.92 Å². The third kappa shape index (κ3) is 7.08. The second-order valence-corrected chi connectivity index (χ2v) is 9.10. The number of Topliss-reactive ketones (excluding diaryl/α,β-unsaturated/α-hetero) is 1. The lowest BCUT2D eigenvalue weighted by Gasteiger charge is -2.19. The number of aldehydes is 1. The largest absolute Gasteiger partial charge is 0.489 e. The van der Waals surface area contributed by atoms with E-state index < -0.39 is 23.6 Å². The molecule has 1 aliphatic rings. The van der Waals surface area contributed by atoms with Crippen molar-refractivity contribution in [3.63, 3.8) is 0 Å². The number of nitrogens with one attached hydrogen (secondary N) is 1. The molecule has 0 aromatic heterocycles. The van der Waals surface area contributed by atoms with Crippen LogP contribution in [0, 0.1) is 5.92 Å². The number of benzene rings is 2. The molecule has 1 saturated carbocycles. The molecule has 1 unspecified atom stereocenters. The van der Waals surface area contributed by atoms with Crippen LogP contribution in [-0.4, -0.2) is 30.2 Å². The summed E-state index contributed by atoms with van der Waals surface area (Å²) in [4.78, 5) is 34.7.